The molecule has 1 unspecified atom stereocenters. The molecule has 1 fully saturated rings. The average Bonchev–Trinajstić information content (AvgIpc) is 2.75. The van der Waals surface area contributed by atoms with Gasteiger partial charge in [0, 0.05) is 48.4 Å². The molecule has 3 aromatic rings. The minimum absolute atomic E-state index is 0.0690. The highest BCUT2D eigenvalue weighted by molar-refractivity contribution is 5.85. The highest BCUT2D eigenvalue weighted by atomic mass is 15.3. The van der Waals surface area contributed by atoms with Crippen molar-refractivity contribution in [3.63, 3.8) is 0 Å². The van der Waals surface area contributed by atoms with Gasteiger partial charge in [-0.15, -0.1) is 0 Å². The molecule has 0 amide bonds. The van der Waals surface area contributed by atoms with E-state index >= 15 is 0 Å². The number of fused-ring (bicyclic) bond motifs is 1. The minimum atomic E-state index is 0.0690. The van der Waals surface area contributed by atoms with E-state index in [0.29, 0.717) is 5.95 Å². The Balaban J connectivity index is 1.81. The summed E-state index contributed by atoms with van der Waals surface area (Å²) < 4.78 is 0. The number of aryl methyl sites for hydroxylation is 2. The molecule has 7 heteroatoms. The maximum atomic E-state index is 5.95. The van der Waals surface area contributed by atoms with E-state index in [1.54, 1.807) is 0 Å². The number of para-hydroxylation sites is 1. The largest absolute Gasteiger partial charge is 0.368 e. The second-order valence-corrected chi connectivity index (χ2v) is 8.58. The zero-order valence-corrected chi connectivity index (χ0v) is 19.2. The number of hydrogen-bond acceptors (Lipinski definition) is 7. The molecule has 0 saturated carbocycles. The predicted molar refractivity (Wildman–Crippen MR) is 129 cm³/mol. The van der Waals surface area contributed by atoms with Gasteiger partial charge in [0.25, 0.3) is 0 Å². The number of aromatic nitrogens is 3. The van der Waals surface area contributed by atoms with Gasteiger partial charge in [-0.2, -0.15) is 4.98 Å². The van der Waals surface area contributed by atoms with E-state index in [2.05, 4.69) is 70.2 Å². The lowest BCUT2D eigenvalue weighted by molar-refractivity contribution is 0.311. The fourth-order valence-electron chi connectivity index (χ4n) is 4.24. The number of hydrogen-bond donors (Lipinski definition) is 2. The quantitative estimate of drug-likeness (QED) is 0.650. The first-order valence-corrected chi connectivity index (χ1v) is 11.1. The number of nitrogen functional groups attached to an aromatic ring is 1. The molecule has 1 aliphatic rings. The van der Waals surface area contributed by atoms with Crippen molar-refractivity contribution >= 4 is 28.5 Å². The first-order valence-electron chi connectivity index (χ1n) is 11.1. The third kappa shape index (κ3) is 4.28. The lowest BCUT2D eigenvalue weighted by atomic mass is 10.00. The normalized spacial score (nSPS) is 16.0. The smallest absolute Gasteiger partial charge is 0.222 e. The standard InChI is InChI=1S/C24H33N7/c1-6-20(27-22-16(3)17(4)26-24(25)29-22)19-14-18-9-7-8-15(2)21(18)28-23(19)31-12-10-30(5)11-13-31/h7-9,14,20H,6,10-13H2,1-5H3,(H3,25,26,27,29). The summed E-state index contributed by atoms with van der Waals surface area (Å²) in [6.45, 7) is 12.4. The molecule has 3 heterocycles. The molecule has 2 aromatic heterocycles. The van der Waals surface area contributed by atoms with Gasteiger partial charge in [-0.3, -0.25) is 0 Å². The molecule has 1 saturated heterocycles. The van der Waals surface area contributed by atoms with Crippen LogP contribution in [0.2, 0.25) is 0 Å². The average molecular weight is 420 g/mol. The maximum absolute atomic E-state index is 5.95. The zero-order chi connectivity index (χ0) is 22.1. The number of nitrogens with one attached hydrogen (secondary N) is 1. The molecule has 1 aliphatic heterocycles. The second kappa shape index (κ2) is 8.67. The zero-order valence-electron chi connectivity index (χ0n) is 19.2. The Hall–Kier alpha value is -2.93. The summed E-state index contributed by atoms with van der Waals surface area (Å²) in [4.78, 5) is 18.8. The lowest BCUT2D eigenvalue weighted by Crippen LogP contribution is -2.45. The van der Waals surface area contributed by atoms with Gasteiger partial charge in [-0.05, 0) is 45.9 Å². The van der Waals surface area contributed by atoms with Gasteiger partial charge in [0.2, 0.25) is 5.95 Å². The van der Waals surface area contributed by atoms with Crippen molar-refractivity contribution in [2.45, 2.75) is 40.2 Å². The molecular formula is C24H33N7. The summed E-state index contributed by atoms with van der Waals surface area (Å²) in [6, 6.07) is 8.76. The van der Waals surface area contributed by atoms with E-state index in [1.165, 1.54) is 16.5 Å². The van der Waals surface area contributed by atoms with Crippen LogP contribution in [-0.4, -0.2) is 53.1 Å². The lowest BCUT2D eigenvalue weighted by Gasteiger charge is -2.35. The Morgan fingerprint density at radius 1 is 1.06 bits per heavy atom. The maximum Gasteiger partial charge on any atom is 0.222 e. The fraction of sp³-hybridized carbons (Fsp3) is 0.458. The van der Waals surface area contributed by atoms with Crippen LogP contribution < -0.4 is 16.0 Å². The highest BCUT2D eigenvalue weighted by Crippen LogP contribution is 2.34. The second-order valence-electron chi connectivity index (χ2n) is 8.58. The van der Waals surface area contributed by atoms with Crippen LogP contribution in [-0.2, 0) is 0 Å². The Morgan fingerprint density at radius 2 is 1.81 bits per heavy atom. The van der Waals surface area contributed by atoms with E-state index in [-0.39, 0.29) is 6.04 Å². The van der Waals surface area contributed by atoms with Crippen molar-refractivity contribution in [1.82, 2.24) is 19.9 Å². The van der Waals surface area contributed by atoms with E-state index in [1.807, 2.05) is 13.8 Å². The molecular weight excluding hydrogens is 386 g/mol. The van der Waals surface area contributed by atoms with Gasteiger partial charge in [-0.25, -0.2) is 9.97 Å². The number of likely N-dealkylation sites (N-methyl/N-ethyl adjacent to an activating group) is 1. The van der Waals surface area contributed by atoms with Gasteiger partial charge in [0.1, 0.15) is 11.6 Å². The van der Waals surface area contributed by atoms with Crippen LogP contribution in [0.25, 0.3) is 10.9 Å². The first kappa shape index (κ1) is 21.3. The van der Waals surface area contributed by atoms with Crippen LogP contribution in [0.3, 0.4) is 0 Å². The van der Waals surface area contributed by atoms with Crippen LogP contribution in [0.5, 0.6) is 0 Å². The van der Waals surface area contributed by atoms with Gasteiger partial charge in [0.05, 0.1) is 11.6 Å². The van der Waals surface area contributed by atoms with Crippen LogP contribution in [0.4, 0.5) is 17.6 Å². The summed E-state index contributed by atoms with van der Waals surface area (Å²) in [5, 5.41) is 4.82. The number of piperazine rings is 1. The predicted octanol–water partition coefficient (Wildman–Crippen LogP) is 3.85. The van der Waals surface area contributed by atoms with Crippen LogP contribution >= 0.6 is 0 Å². The van der Waals surface area contributed by atoms with Crippen molar-refractivity contribution in [3.8, 4) is 0 Å². The molecule has 1 atom stereocenters. The summed E-state index contributed by atoms with van der Waals surface area (Å²) in [5.74, 6) is 2.17. The molecule has 31 heavy (non-hydrogen) atoms. The summed E-state index contributed by atoms with van der Waals surface area (Å²) >= 11 is 0. The SMILES string of the molecule is CCC(Nc1nc(N)nc(C)c1C)c1cc2cccc(C)c2nc1N1CCN(C)CC1. The van der Waals surface area contributed by atoms with Gasteiger partial charge in [-0.1, -0.05) is 25.1 Å². The topological polar surface area (TPSA) is 83.2 Å². The van der Waals surface area contributed by atoms with E-state index in [4.69, 9.17) is 10.7 Å². The molecule has 7 nitrogen and oxygen atoms in total. The summed E-state index contributed by atoms with van der Waals surface area (Å²) in [7, 11) is 2.18. The highest BCUT2D eigenvalue weighted by Gasteiger charge is 2.24. The third-order valence-corrected chi connectivity index (χ3v) is 6.36. The van der Waals surface area contributed by atoms with Gasteiger partial charge >= 0.3 is 0 Å². The third-order valence-electron chi connectivity index (χ3n) is 6.36. The molecule has 0 radical (unpaired) electrons. The number of pyridine rings is 1. The van der Waals surface area contributed by atoms with E-state index in [0.717, 1.165) is 61.0 Å². The van der Waals surface area contributed by atoms with Crippen molar-refractivity contribution in [1.29, 1.82) is 0 Å². The number of nitrogens with zero attached hydrogens (tertiary/aromatic N) is 5. The summed E-state index contributed by atoms with van der Waals surface area (Å²) in [5.41, 5.74) is 11.4. The molecule has 4 rings (SSSR count). The number of benzene rings is 1. The molecule has 0 bridgehead atoms. The summed E-state index contributed by atoms with van der Waals surface area (Å²) in [6.07, 6.45) is 0.905. The molecule has 3 N–H and O–H groups in total. The molecule has 1 aromatic carbocycles. The monoisotopic (exact) mass is 419 g/mol. The van der Waals surface area contributed by atoms with E-state index in [9.17, 15) is 0 Å². The van der Waals surface area contributed by atoms with Crippen LogP contribution in [0.1, 0.15) is 41.8 Å². The Morgan fingerprint density at radius 3 is 2.52 bits per heavy atom. The Bertz CT molecular complexity index is 1090. The van der Waals surface area contributed by atoms with Gasteiger partial charge in [0.15, 0.2) is 0 Å². The van der Waals surface area contributed by atoms with E-state index < -0.39 is 0 Å². The Kier molecular flexibility index (Phi) is 5.96. The van der Waals surface area contributed by atoms with Crippen molar-refractivity contribution in [2.75, 3.05) is 49.2 Å². The Labute approximate surface area is 184 Å². The number of nitrogens with two attached hydrogens (primary N) is 1. The molecule has 0 spiro atoms. The van der Waals surface area contributed by atoms with Crippen LogP contribution in [0, 0.1) is 20.8 Å². The van der Waals surface area contributed by atoms with Crippen molar-refractivity contribution in [3.05, 3.63) is 46.6 Å². The first-order chi connectivity index (χ1) is 14.9. The molecule has 0 aliphatic carbocycles. The van der Waals surface area contributed by atoms with Crippen LogP contribution in [0.15, 0.2) is 24.3 Å². The van der Waals surface area contributed by atoms with Crippen molar-refractivity contribution in [2.24, 2.45) is 0 Å². The van der Waals surface area contributed by atoms with Gasteiger partial charge < -0.3 is 20.9 Å². The number of rotatable bonds is 5. The minimum Gasteiger partial charge on any atom is -0.368 e. The fourth-order valence-corrected chi connectivity index (χ4v) is 4.24. The van der Waals surface area contributed by atoms with Crippen molar-refractivity contribution < 1.29 is 0 Å². The molecule has 164 valence electrons. The number of anilines is 3.